The molecule has 1 aliphatic rings. The Morgan fingerprint density at radius 2 is 1.30 bits per heavy atom. The van der Waals surface area contributed by atoms with Crippen molar-refractivity contribution in [2.75, 3.05) is 0 Å². The van der Waals surface area contributed by atoms with Gasteiger partial charge in [-0.05, 0) is 19.3 Å². The molecular formula is C5H15N5. The second-order valence-electron chi connectivity index (χ2n) is 3.06. The van der Waals surface area contributed by atoms with Gasteiger partial charge in [0.2, 0.25) is 0 Å². The lowest BCUT2D eigenvalue weighted by molar-refractivity contribution is 0.144. The lowest BCUT2D eigenvalue weighted by Gasteiger charge is -2.40. The molecule has 0 atom stereocenters. The maximum Gasteiger partial charge on any atom is 0.120 e. The summed E-state index contributed by atoms with van der Waals surface area (Å²) in [7, 11) is 0. The summed E-state index contributed by atoms with van der Waals surface area (Å²) >= 11 is 0. The summed E-state index contributed by atoms with van der Waals surface area (Å²) in [6, 6.07) is 0. The first kappa shape index (κ1) is 7.90. The van der Waals surface area contributed by atoms with Crippen LogP contribution >= 0.6 is 0 Å². The van der Waals surface area contributed by atoms with E-state index in [0.717, 1.165) is 6.42 Å². The minimum absolute atomic E-state index is 0.711. The third kappa shape index (κ3) is 1.89. The van der Waals surface area contributed by atoms with Crippen LogP contribution in [0, 0.1) is 0 Å². The van der Waals surface area contributed by atoms with Gasteiger partial charge in [0.05, 0.1) is 0 Å². The minimum Gasteiger partial charge on any atom is -0.301 e. The molecule has 1 rings (SSSR count). The van der Waals surface area contributed by atoms with E-state index in [-0.39, 0.29) is 0 Å². The maximum atomic E-state index is 5.56. The van der Waals surface area contributed by atoms with E-state index in [0.29, 0.717) is 12.8 Å². The van der Waals surface area contributed by atoms with Crippen molar-refractivity contribution >= 4 is 0 Å². The van der Waals surface area contributed by atoms with Crippen LogP contribution < -0.4 is 28.3 Å². The van der Waals surface area contributed by atoms with E-state index in [1.165, 1.54) is 0 Å². The second kappa shape index (κ2) is 2.14. The lowest BCUT2D eigenvalue weighted by atomic mass is 10.0. The highest BCUT2D eigenvalue weighted by Gasteiger charge is 2.33. The van der Waals surface area contributed by atoms with Gasteiger partial charge in [-0.1, -0.05) is 0 Å². The zero-order valence-electron chi connectivity index (χ0n) is 5.93. The van der Waals surface area contributed by atoms with Gasteiger partial charge in [0.15, 0.2) is 0 Å². The number of hydrogen-bond donors (Lipinski definition) is 5. The Balaban J connectivity index is 2.56. The smallest absolute Gasteiger partial charge is 0.120 e. The number of rotatable bonds is 0. The van der Waals surface area contributed by atoms with Crippen LogP contribution in [-0.4, -0.2) is 11.6 Å². The quantitative estimate of drug-likeness (QED) is 0.250. The summed E-state index contributed by atoms with van der Waals surface area (Å²) < 4.78 is 0. The Kier molecular flexibility index (Phi) is 1.69. The van der Waals surface area contributed by atoms with Gasteiger partial charge in [0.25, 0.3) is 0 Å². The third-order valence-corrected chi connectivity index (χ3v) is 1.65. The fourth-order valence-corrected chi connectivity index (χ4v) is 1.23. The molecule has 0 unspecified atom stereocenters. The van der Waals surface area contributed by atoms with Crippen LogP contribution in [-0.2, 0) is 0 Å². The van der Waals surface area contributed by atoms with E-state index >= 15 is 0 Å². The molecule has 0 spiro atoms. The van der Waals surface area contributed by atoms with E-state index in [1.807, 2.05) is 0 Å². The van der Waals surface area contributed by atoms with Crippen LogP contribution in [0.5, 0.6) is 0 Å². The highest BCUT2D eigenvalue weighted by molar-refractivity contribution is 4.89. The van der Waals surface area contributed by atoms with E-state index in [4.69, 9.17) is 22.9 Å². The Hall–Kier alpha value is -0.200. The van der Waals surface area contributed by atoms with Crippen LogP contribution in [0.15, 0.2) is 0 Å². The number of piperidine rings is 1. The van der Waals surface area contributed by atoms with Crippen molar-refractivity contribution < 1.29 is 0 Å². The Labute approximate surface area is 60.1 Å². The van der Waals surface area contributed by atoms with Gasteiger partial charge in [-0.25, -0.2) is 0 Å². The van der Waals surface area contributed by atoms with Gasteiger partial charge in [-0.3, -0.25) is 5.32 Å². The number of nitrogens with two attached hydrogens (primary N) is 4. The molecular weight excluding hydrogens is 130 g/mol. The number of nitrogens with one attached hydrogen (secondary N) is 1. The largest absolute Gasteiger partial charge is 0.301 e. The molecule has 9 N–H and O–H groups in total. The molecule has 0 aliphatic carbocycles. The first-order chi connectivity index (χ1) is 4.41. The number of hydrogen-bond acceptors (Lipinski definition) is 5. The Bertz CT molecular complexity index is 116. The summed E-state index contributed by atoms with van der Waals surface area (Å²) in [5.41, 5.74) is 22.2. The zero-order chi connectivity index (χ0) is 7.83. The van der Waals surface area contributed by atoms with E-state index in [2.05, 4.69) is 5.32 Å². The summed E-state index contributed by atoms with van der Waals surface area (Å²) in [5, 5.41) is 2.74. The van der Waals surface area contributed by atoms with Gasteiger partial charge in [-0.2, -0.15) is 0 Å². The van der Waals surface area contributed by atoms with Gasteiger partial charge in [0.1, 0.15) is 11.6 Å². The van der Waals surface area contributed by atoms with Crippen molar-refractivity contribution in [3.05, 3.63) is 0 Å². The van der Waals surface area contributed by atoms with Crippen molar-refractivity contribution in [1.29, 1.82) is 0 Å². The average Bonchev–Trinajstić information content (AvgIpc) is 1.56. The van der Waals surface area contributed by atoms with Crippen LogP contribution in [0.2, 0.25) is 0 Å². The molecule has 1 saturated heterocycles. The van der Waals surface area contributed by atoms with Gasteiger partial charge < -0.3 is 22.9 Å². The molecule has 0 aromatic rings. The SMILES string of the molecule is NC1(N)CCCC(N)(N)N1. The molecule has 0 aromatic carbocycles. The van der Waals surface area contributed by atoms with Crippen LogP contribution in [0.3, 0.4) is 0 Å². The Morgan fingerprint density at radius 3 is 1.50 bits per heavy atom. The predicted molar refractivity (Wildman–Crippen MR) is 39.2 cm³/mol. The fourth-order valence-electron chi connectivity index (χ4n) is 1.23. The van der Waals surface area contributed by atoms with Crippen LogP contribution in [0.4, 0.5) is 0 Å². The molecule has 0 saturated carbocycles. The van der Waals surface area contributed by atoms with E-state index < -0.39 is 11.6 Å². The highest BCUT2D eigenvalue weighted by Crippen LogP contribution is 2.14. The van der Waals surface area contributed by atoms with Gasteiger partial charge >= 0.3 is 0 Å². The zero-order valence-corrected chi connectivity index (χ0v) is 5.93. The summed E-state index contributed by atoms with van der Waals surface area (Å²) in [6.07, 6.45) is 2.29. The molecule has 1 aliphatic heterocycles. The monoisotopic (exact) mass is 145 g/mol. The molecule has 5 nitrogen and oxygen atoms in total. The molecule has 0 aromatic heterocycles. The van der Waals surface area contributed by atoms with Gasteiger partial charge in [0, 0.05) is 0 Å². The molecule has 0 radical (unpaired) electrons. The first-order valence-corrected chi connectivity index (χ1v) is 3.36. The second-order valence-corrected chi connectivity index (χ2v) is 3.06. The lowest BCUT2D eigenvalue weighted by Crippen LogP contribution is -2.77. The van der Waals surface area contributed by atoms with Crippen molar-refractivity contribution in [2.24, 2.45) is 22.9 Å². The van der Waals surface area contributed by atoms with Crippen molar-refractivity contribution in [3.8, 4) is 0 Å². The average molecular weight is 145 g/mol. The maximum absolute atomic E-state index is 5.56. The van der Waals surface area contributed by atoms with Gasteiger partial charge in [-0.15, -0.1) is 0 Å². The molecule has 10 heavy (non-hydrogen) atoms. The van der Waals surface area contributed by atoms with E-state index in [9.17, 15) is 0 Å². The van der Waals surface area contributed by atoms with E-state index in [1.54, 1.807) is 0 Å². The molecule has 0 bridgehead atoms. The van der Waals surface area contributed by atoms with Crippen molar-refractivity contribution in [1.82, 2.24) is 5.32 Å². The van der Waals surface area contributed by atoms with Crippen molar-refractivity contribution in [3.63, 3.8) is 0 Å². The Morgan fingerprint density at radius 1 is 0.900 bits per heavy atom. The predicted octanol–water partition coefficient (Wildman–Crippen LogP) is -2.10. The summed E-state index contributed by atoms with van der Waals surface area (Å²) in [4.78, 5) is 0. The van der Waals surface area contributed by atoms with Crippen molar-refractivity contribution in [2.45, 2.75) is 30.8 Å². The normalized spacial score (nSPS) is 30.0. The van der Waals surface area contributed by atoms with Crippen LogP contribution in [0.1, 0.15) is 19.3 Å². The molecule has 1 fully saturated rings. The summed E-state index contributed by atoms with van der Waals surface area (Å²) in [5.74, 6) is -1.77. The topological polar surface area (TPSA) is 116 Å². The minimum atomic E-state index is -0.887. The van der Waals surface area contributed by atoms with Crippen LogP contribution in [0.25, 0.3) is 0 Å². The fraction of sp³-hybridized carbons (Fsp3) is 1.00. The molecule has 0 amide bonds. The summed E-state index contributed by atoms with van der Waals surface area (Å²) in [6.45, 7) is 0. The standard InChI is InChI=1S/C5H15N5/c6-4(7)2-1-3-5(8,9)10-4/h10H,1-3,6-9H2. The highest BCUT2D eigenvalue weighted by atomic mass is 15.4. The third-order valence-electron chi connectivity index (χ3n) is 1.65. The first-order valence-electron chi connectivity index (χ1n) is 3.36. The molecule has 5 heteroatoms. The molecule has 1 heterocycles. The molecule has 60 valence electrons.